The number of ether oxygens (including phenoxy) is 4. The van der Waals surface area contributed by atoms with Crippen LogP contribution in [0.25, 0.3) is 17.1 Å². The van der Waals surface area contributed by atoms with Crippen LogP contribution in [0.3, 0.4) is 0 Å². The Morgan fingerprint density at radius 3 is 2.30 bits per heavy atom. The maximum absolute atomic E-state index is 5.92. The molecule has 37 heavy (non-hydrogen) atoms. The maximum atomic E-state index is 5.92. The molecule has 1 fully saturated rings. The summed E-state index contributed by atoms with van der Waals surface area (Å²) in [6.07, 6.45) is 4.79. The lowest BCUT2D eigenvalue weighted by Crippen LogP contribution is -2.59. The standard InChI is InChI=1S/C28H36N4O5/c1-6-7-8-20-11-15-23(16-12-20)32-18-29-27(31-32)22-13-9-21(10-14-22)17-30-37-28-26(35-5)25(34-4)24(33-3)19(2)36-28/h9-19,24-26,28H,6-8H2,1-5H3/b30-17+/t19-,24-,25+,26+,28-/m0/s1. The average molecular weight is 509 g/mol. The number of hydrogen-bond donors (Lipinski definition) is 0. The first-order chi connectivity index (χ1) is 18.1. The number of methoxy groups -OCH3 is 3. The van der Waals surface area contributed by atoms with Crippen molar-refractivity contribution < 1.29 is 23.8 Å². The van der Waals surface area contributed by atoms with E-state index in [9.17, 15) is 0 Å². The first-order valence-electron chi connectivity index (χ1n) is 12.6. The van der Waals surface area contributed by atoms with Crippen LogP contribution in [0.4, 0.5) is 0 Å². The number of aryl methyl sites for hydroxylation is 1. The summed E-state index contributed by atoms with van der Waals surface area (Å²) >= 11 is 0. The molecule has 0 bridgehead atoms. The molecule has 0 aliphatic carbocycles. The summed E-state index contributed by atoms with van der Waals surface area (Å²) in [5.41, 5.74) is 4.10. The van der Waals surface area contributed by atoms with Gasteiger partial charge in [-0.05, 0) is 43.0 Å². The Morgan fingerprint density at radius 1 is 0.946 bits per heavy atom. The SMILES string of the molecule is CCCCc1ccc(-n2cnc(-c3ccc(/C=N/O[C@@H]4O[C@@H](C)[C@H](OC)[C@@H](OC)[C@H]4OC)cc3)n2)cc1. The van der Waals surface area contributed by atoms with Crippen molar-refractivity contribution in [2.24, 2.45) is 5.16 Å². The van der Waals surface area contributed by atoms with Gasteiger partial charge in [0.05, 0.1) is 18.0 Å². The fourth-order valence-corrected chi connectivity index (χ4v) is 4.48. The predicted octanol–water partition coefficient (Wildman–Crippen LogP) is 4.42. The molecule has 1 aromatic heterocycles. The Balaban J connectivity index is 1.37. The Bertz CT molecular complexity index is 1130. The van der Waals surface area contributed by atoms with Crippen LogP contribution in [-0.4, -0.2) is 73.0 Å². The van der Waals surface area contributed by atoms with Crippen LogP contribution in [0.2, 0.25) is 0 Å². The second-order valence-electron chi connectivity index (χ2n) is 9.06. The Kier molecular flexibility index (Phi) is 9.40. The molecule has 9 nitrogen and oxygen atoms in total. The van der Waals surface area contributed by atoms with E-state index in [-0.39, 0.29) is 18.3 Å². The fourth-order valence-electron chi connectivity index (χ4n) is 4.48. The van der Waals surface area contributed by atoms with Crippen LogP contribution >= 0.6 is 0 Å². The van der Waals surface area contributed by atoms with Gasteiger partial charge in [0.25, 0.3) is 6.29 Å². The van der Waals surface area contributed by atoms with Crippen LogP contribution in [0.1, 0.15) is 37.8 Å². The van der Waals surface area contributed by atoms with Gasteiger partial charge in [-0.15, -0.1) is 5.10 Å². The van der Waals surface area contributed by atoms with Crippen molar-refractivity contribution in [1.82, 2.24) is 14.8 Å². The molecule has 0 radical (unpaired) electrons. The number of benzene rings is 2. The van der Waals surface area contributed by atoms with Gasteiger partial charge in [-0.1, -0.05) is 54.9 Å². The van der Waals surface area contributed by atoms with Crippen molar-refractivity contribution in [3.8, 4) is 17.1 Å². The summed E-state index contributed by atoms with van der Waals surface area (Å²) in [5, 5.41) is 8.77. The van der Waals surface area contributed by atoms with E-state index >= 15 is 0 Å². The van der Waals surface area contributed by atoms with E-state index in [1.54, 1.807) is 38.6 Å². The largest absolute Gasteiger partial charge is 0.376 e. The van der Waals surface area contributed by atoms with Gasteiger partial charge in [-0.2, -0.15) is 0 Å². The van der Waals surface area contributed by atoms with Gasteiger partial charge in [0, 0.05) is 26.9 Å². The first-order valence-corrected chi connectivity index (χ1v) is 12.6. The van der Waals surface area contributed by atoms with Gasteiger partial charge in [0.1, 0.15) is 18.5 Å². The molecule has 0 saturated carbocycles. The first kappa shape index (κ1) is 26.9. The summed E-state index contributed by atoms with van der Waals surface area (Å²) in [4.78, 5) is 10.1. The number of unbranched alkanes of at least 4 members (excludes halogenated alkanes) is 1. The molecule has 0 unspecified atom stereocenters. The van der Waals surface area contributed by atoms with Crippen LogP contribution < -0.4 is 0 Å². The smallest absolute Gasteiger partial charge is 0.256 e. The van der Waals surface area contributed by atoms with Crippen molar-refractivity contribution in [3.05, 3.63) is 66.0 Å². The van der Waals surface area contributed by atoms with E-state index in [0.717, 1.165) is 23.2 Å². The lowest BCUT2D eigenvalue weighted by molar-refractivity contribution is -0.305. The number of hydrogen-bond acceptors (Lipinski definition) is 8. The summed E-state index contributed by atoms with van der Waals surface area (Å²) in [6, 6.07) is 16.2. The summed E-state index contributed by atoms with van der Waals surface area (Å²) in [6.45, 7) is 4.11. The average Bonchev–Trinajstić information content (AvgIpc) is 3.42. The molecular weight excluding hydrogens is 472 g/mol. The van der Waals surface area contributed by atoms with Crippen molar-refractivity contribution in [2.45, 2.75) is 63.8 Å². The van der Waals surface area contributed by atoms with E-state index in [2.05, 4.69) is 46.4 Å². The monoisotopic (exact) mass is 508 g/mol. The molecule has 198 valence electrons. The lowest BCUT2D eigenvalue weighted by atomic mass is 9.99. The Hall–Kier alpha value is -3.11. The molecule has 4 rings (SSSR count). The minimum absolute atomic E-state index is 0.243. The van der Waals surface area contributed by atoms with Gasteiger partial charge in [0.2, 0.25) is 0 Å². The van der Waals surface area contributed by atoms with Crippen LogP contribution in [0.15, 0.2) is 60.0 Å². The molecule has 3 aromatic rings. The zero-order chi connectivity index (χ0) is 26.2. The van der Waals surface area contributed by atoms with Crippen LogP contribution in [-0.2, 0) is 30.2 Å². The molecule has 2 heterocycles. The number of nitrogens with zero attached hydrogens (tertiary/aromatic N) is 4. The second kappa shape index (κ2) is 12.9. The third-order valence-corrected chi connectivity index (χ3v) is 6.59. The molecular formula is C28H36N4O5. The highest BCUT2D eigenvalue weighted by atomic mass is 16.8. The van der Waals surface area contributed by atoms with Gasteiger partial charge in [-0.25, -0.2) is 9.67 Å². The highest BCUT2D eigenvalue weighted by molar-refractivity contribution is 5.80. The minimum Gasteiger partial charge on any atom is -0.376 e. The highest BCUT2D eigenvalue weighted by Crippen LogP contribution is 2.27. The minimum atomic E-state index is -0.722. The van der Waals surface area contributed by atoms with Gasteiger partial charge in [-0.3, -0.25) is 0 Å². The van der Waals surface area contributed by atoms with E-state index < -0.39 is 12.4 Å². The topological polar surface area (TPSA) is 89.2 Å². The molecule has 0 amide bonds. The van der Waals surface area contributed by atoms with Crippen LogP contribution in [0.5, 0.6) is 0 Å². The van der Waals surface area contributed by atoms with Crippen molar-refractivity contribution >= 4 is 6.21 Å². The third-order valence-electron chi connectivity index (χ3n) is 6.59. The Labute approximate surface area is 218 Å². The molecule has 0 spiro atoms. The molecule has 2 aromatic carbocycles. The van der Waals surface area contributed by atoms with Crippen molar-refractivity contribution in [1.29, 1.82) is 0 Å². The zero-order valence-corrected chi connectivity index (χ0v) is 22.1. The number of aromatic nitrogens is 3. The fraction of sp³-hybridized carbons (Fsp3) is 0.464. The van der Waals surface area contributed by atoms with E-state index in [4.69, 9.17) is 23.8 Å². The Morgan fingerprint density at radius 2 is 1.65 bits per heavy atom. The molecule has 1 aliphatic heterocycles. The molecule has 0 N–H and O–H groups in total. The zero-order valence-electron chi connectivity index (χ0n) is 22.1. The summed E-state index contributed by atoms with van der Waals surface area (Å²) < 4.78 is 24.4. The quantitative estimate of drug-likeness (QED) is 0.280. The van der Waals surface area contributed by atoms with Crippen molar-refractivity contribution in [2.75, 3.05) is 21.3 Å². The van der Waals surface area contributed by atoms with E-state index in [0.29, 0.717) is 5.82 Å². The van der Waals surface area contributed by atoms with E-state index in [1.807, 2.05) is 31.2 Å². The van der Waals surface area contributed by atoms with Gasteiger partial charge >= 0.3 is 0 Å². The summed E-state index contributed by atoms with van der Waals surface area (Å²) in [7, 11) is 4.82. The molecule has 5 atom stereocenters. The third kappa shape index (κ3) is 6.42. The second-order valence-corrected chi connectivity index (χ2v) is 9.06. The van der Waals surface area contributed by atoms with Gasteiger partial charge in [0.15, 0.2) is 11.9 Å². The summed E-state index contributed by atoms with van der Waals surface area (Å²) in [5.74, 6) is 0.653. The molecule has 1 saturated heterocycles. The maximum Gasteiger partial charge on any atom is 0.256 e. The van der Waals surface area contributed by atoms with E-state index in [1.165, 1.54) is 18.4 Å². The normalized spacial score (nSPS) is 24.0. The predicted molar refractivity (Wildman–Crippen MR) is 141 cm³/mol. The van der Waals surface area contributed by atoms with Crippen molar-refractivity contribution in [3.63, 3.8) is 0 Å². The molecule has 9 heteroatoms. The lowest BCUT2D eigenvalue weighted by Gasteiger charge is -2.42. The molecule has 1 aliphatic rings. The number of oxime groups is 1. The van der Waals surface area contributed by atoms with Gasteiger partial charge < -0.3 is 23.8 Å². The highest BCUT2D eigenvalue weighted by Gasteiger charge is 2.46. The van der Waals surface area contributed by atoms with Crippen LogP contribution in [0, 0.1) is 0 Å². The number of rotatable bonds is 11.